The van der Waals surface area contributed by atoms with Crippen molar-refractivity contribution >= 4 is 8.80 Å². The monoisotopic (exact) mass is 152 g/mol. The topological polar surface area (TPSA) is 0 Å². The van der Waals surface area contributed by atoms with Crippen molar-refractivity contribution in [3.63, 3.8) is 0 Å². The number of hydrogen-bond donors (Lipinski definition) is 0. The molecule has 0 nitrogen and oxygen atoms in total. The second-order valence-corrected chi connectivity index (χ2v) is 6.37. The van der Waals surface area contributed by atoms with E-state index in [4.69, 9.17) is 0 Å². The Hall–Kier alpha value is -0.303. The number of hydrogen-bond acceptors (Lipinski definition) is 0. The van der Waals surface area contributed by atoms with E-state index in [1.54, 1.807) is 5.20 Å². The minimum Gasteiger partial charge on any atom is -0.0778 e. The predicted octanol–water partition coefficient (Wildman–Crippen LogP) is 2.53. The van der Waals surface area contributed by atoms with E-state index in [0.717, 1.165) is 5.92 Å². The molecule has 0 bridgehead atoms. The number of rotatable bonds is 1. The molecule has 0 saturated heterocycles. The lowest BCUT2D eigenvalue weighted by molar-refractivity contribution is 0.925. The van der Waals surface area contributed by atoms with Gasteiger partial charge in [-0.15, -0.1) is 0 Å². The fourth-order valence-corrected chi connectivity index (χ4v) is 4.00. The molecular formula is C9H16Si. The molecule has 0 N–H and O–H groups in total. The largest absolute Gasteiger partial charge is 0.0778 e. The van der Waals surface area contributed by atoms with E-state index in [2.05, 4.69) is 39.1 Å². The Balaban J connectivity index is 2.85. The van der Waals surface area contributed by atoms with Crippen LogP contribution in [0.2, 0.25) is 13.1 Å². The third-order valence-electron chi connectivity index (χ3n) is 2.20. The van der Waals surface area contributed by atoms with Gasteiger partial charge in [-0.3, -0.25) is 0 Å². The first kappa shape index (κ1) is 7.80. The predicted molar refractivity (Wildman–Crippen MR) is 49.9 cm³/mol. The second kappa shape index (κ2) is 2.75. The summed E-state index contributed by atoms with van der Waals surface area (Å²) in [6, 6.07) is 0. The molecule has 0 amide bonds. The van der Waals surface area contributed by atoms with Gasteiger partial charge in [0.05, 0.1) is 8.80 Å². The van der Waals surface area contributed by atoms with E-state index in [1.165, 1.54) is 5.57 Å². The van der Waals surface area contributed by atoms with E-state index in [0.29, 0.717) is 0 Å². The molecule has 0 aliphatic heterocycles. The summed E-state index contributed by atoms with van der Waals surface area (Å²) < 4.78 is 0. The zero-order valence-corrected chi connectivity index (χ0v) is 8.46. The van der Waals surface area contributed by atoms with Crippen LogP contribution >= 0.6 is 0 Å². The quantitative estimate of drug-likeness (QED) is 0.507. The molecule has 0 aromatic carbocycles. The lowest BCUT2D eigenvalue weighted by Crippen LogP contribution is -2.11. The summed E-state index contributed by atoms with van der Waals surface area (Å²) in [5.74, 6) is 0.742. The van der Waals surface area contributed by atoms with Crippen LogP contribution in [0.4, 0.5) is 0 Å². The van der Waals surface area contributed by atoms with Crippen LogP contribution in [-0.4, -0.2) is 8.80 Å². The molecular weight excluding hydrogens is 136 g/mol. The summed E-state index contributed by atoms with van der Waals surface area (Å²) in [5, 5.41) is 1.75. The third kappa shape index (κ3) is 1.24. The molecule has 1 rings (SSSR count). The van der Waals surface area contributed by atoms with Crippen molar-refractivity contribution < 1.29 is 0 Å². The highest BCUT2D eigenvalue weighted by Gasteiger charge is 2.16. The fraction of sp³-hybridized carbons (Fsp3) is 0.556. The van der Waals surface area contributed by atoms with Crippen LogP contribution in [0.1, 0.15) is 13.8 Å². The first-order chi connectivity index (χ1) is 4.63. The van der Waals surface area contributed by atoms with Crippen LogP contribution in [0, 0.1) is 5.92 Å². The maximum absolute atomic E-state index is 2.41. The highest BCUT2D eigenvalue weighted by molar-refractivity contribution is 6.64. The highest BCUT2D eigenvalue weighted by atomic mass is 28.3. The average molecular weight is 152 g/mol. The van der Waals surface area contributed by atoms with Crippen molar-refractivity contribution in [2.45, 2.75) is 26.9 Å². The lowest BCUT2D eigenvalue weighted by Gasteiger charge is -2.12. The molecule has 1 unspecified atom stereocenters. The van der Waals surface area contributed by atoms with E-state index >= 15 is 0 Å². The summed E-state index contributed by atoms with van der Waals surface area (Å²) >= 11 is 0. The lowest BCUT2D eigenvalue weighted by atomic mass is 10.2. The summed E-state index contributed by atoms with van der Waals surface area (Å²) in [4.78, 5) is 0. The van der Waals surface area contributed by atoms with E-state index in [-0.39, 0.29) is 0 Å². The molecule has 10 heavy (non-hydrogen) atoms. The Morgan fingerprint density at radius 2 is 2.00 bits per heavy atom. The van der Waals surface area contributed by atoms with Gasteiger partial charge < -0.3 is 0 Å². The van der Waals surface area contributed by atoms with Crippen molar-refractivity contribution in [1.82, 2.24) is 0 Å². The Morgan fingerprint density at radius 3 is 2.20 bits per heavy atom. The van der Waals surface area contributed by atoms with Crippen molar-refractivity contribution in [3.05, 3.63) is 22.9 Å². The summed E-state index contributed by atoms with van der Waals surface area (Å²) in [6.07, 6.45) is 4.59. The van der Waals surface area contributed by atoms with Gasteiger partial charge in [-0.1, -0.05) is 42.9 Å². The van der Waals surface area contributed by atoms with Crippen molar-refractivity contribution in [3.8, 4) is 0 Å². The van der Waals surface area contributed by atoms with E-state index in [9.17, 15) is 0 Å². The standard InChI is InChI=1S/C9H16Si/c1-7-5-6-8(2)9(7)10(3)4/h5-7,10H,1-4H3. The Bertz CT molecular complexity index is 187. The van der Waals surface area contributed by atoms with Gasteiger partial charge in [0.25, 0.3) is 0 Å². The van der Waals surface area contributed by atoms with Gasteiger partial charge in [0.15, 0.2) is 0 Å². The molecule has 56 valence electrons. The van der Waals surface area contributed by atoms with Crippen molar-refractivity contribution in [1.29, 1.82) is 0 Å². The van der Waals surface area contributed by atoms with Gasteiger partial charge in [-0.05, 0) is 12.8 Å². The minimum atomic E-state index is -0.522. The van der Waals surface area contributed by atoms with Crippen molar-refractivity contribution in [2.75, 3.05) is 0 Å². The summed E-state index contributed by atoms with van der Waals surface area (Å²) in [7, 11) is -0.522. The van der Waals surface area contributed by atoms with E-state index in [1.807, 2.05) is 0 Å². The molecule has 0 heterocycles. The highest BCUT2D eigenvalue weighted by Crippen LogP contribution is 2.26. The van der Waals surface area contributed by atoms with Gasteiger partial charge >= 0.3 is 0 Å². The van der Waals surface area contributed by atoms with Crippen LogP contribution < -0.4 is 0 Å². The van der Waals surface area contributed by atoms with Crippen LogP contribution in [-0.2, 0) is 0 Å². The summed E-state index contributed by atoms with van der Waals surface area (Å²) in [5.41, 5.74) is 1.54. The molecule has 0 fully saturated rings. The molecule has 1 atom stereocenters. The Morgan fingerprint density at radius 1 is 1.40 bits per heavy atom. The molecule has 0 radical (unpaired) electrons. The van der Waals surface area contributed by atoms with Crippen LogP contribution in [0.15, 0.2) is 22.9 Å². The SMILES string of the molecule is CC1=C([SiH](C)C)C(C)C=C1. The molecule has 0 spiro atoms. The van der Waals surface area contributed by atoms with Gasteiger partial charge in [-0.2, -0.15) is 0 Å². The molecule has 0 saturated carbocycles. The van der Waals surface area contributed by atoms with Crippen LogP contribution in [0.3, 0.4) is 0 Å². The normalized spacial score (nSPS) is 25.1. The fourth-order valence-electron chi connectivity index (χ4n) is 1.83. The zero-order valence-electron chi connectivity index (χ0n) is 7.31. The maximum Gasteiger partial charge on any atom is 0.0606 e. The number of allylic oxidation sites excluding steroid dienone is 4. The van der Waals surface area contributed by atoms with Gasteiger partial charge in [0.2, 0.25) is 0 Å². The van der Waals surface area contributed by atoms with E-state index < -0.39 is 8.80 Å². The third-order valence-corrected chi connectivity index (χ3v) is 4.43. The Labute approximate surface area is 65.3 Å². The van der Waals surface area contributed by atoms with Gasteiger partial charge in [-0.25, -0.2) is 0 Å². The first-order valence-electron chi connectivity index (χ1n) is 4.01. The molecule has 1 aliphatic carbocycles. The zero-order chi connectivity index (χ0) is 7.72. The maximum atomic E-state index is 2.41. The Kier molecular flexibility index (Phi) is 2.14. The minimum absolute atomic E-state index is 0.522. The van der Waals surface area contributed by atoms with Crippen molar-refractivity contribution in [2.24, 2.45) is 5.92 Å². The van der Waals surface area contributed by atoms with Gasteiger partial charge in [0.1, 0.15) is 0 Å². The molecule has 1 aliphatic rings. The van der Waals surface area contributed by atoms with Gasteiger partial charge in [0, 0.05) is 0 Å². The average Bonchev–Trinajstić information content (AvgIpc) is 2.11. The molecule has 1 heteroatoms. The molecule has 0 aromatic heterocycles. The van der Waals surface area contributed by atoms with Crippen LogP contribution in [0.25, 0.3) is 0 Å². The van der Waals surface area contributed by atoms with Crippen LogP contribution in [0.5, 0.6) is 0 Å². The summed E-state index contributed by atoms with van der Waals surface area (Å²) in [6.45, 7) is 9.35. The second-order valence-electron chi connectivity index (χ2n) is 3.44. The smallest absolute Gasteiger partial charge is 0.0606 e. The first-order valence-corrected chi connectivity index (χ1v) is 6.90. The molecule has 0 aromatic rings.